The number of aliphatic carboxylic acids is 1. The number of hydrogen-bond acceptors (Lipinski definition) is 4. The minimum absolute atomic E-state index is 0.00794. The molecule has 0 bridgehead atoms. The average Bonchev–Trinajstić information content (AvgIpc) is 2.19. The van der Waals surface area contributed by atoms with Crippen molar-refractivity contribution < 1.29 is 19.9 Å². The Morgan fingerprint density at radius 3 is 2.56 bits per heavy atom. The van der Waals surface area contributed by atoms with Crippen molar-refractivity contribution in [3.05, 3.63) is 32.3 Å². The van der Waals surface area contributed by atoms with E-state index in [1.54, 1.807) is 0 Å². The summed E-state index contributed by atoms with van der Waals surface area (Å²) in [6.07, 6.45) is 0. The number of nitrogens with zero attached hydrogens (tertiary/aromatic N) is 1. The zero-order valence-electron chi connectivity index (χ0n) is 8.18. The van der Waals surface area contributed by atoms with Crippen LogP contribution in [-0.2, 0) is 4.79 Å². The lowest BCUT2D eigenvalue weighted by Gasteiger charge is -2.09. The van der Waals surface area contributed by atoms with Gasteiger partial charge < -0.3 is 10.2 Å². The fraction of sp³-hybridized carbons (Fsp3) is 0.222. The number of hydrogen-bond donors (Lipinski definition) is 2. The molecule has 1 rings (SSSR count). The molecule has 0 saturated heterocycles. The highest BCUT2D eigenvalue weighted by atomic mass is 79.9. The van der Waals surface area contributed by atoms with Crippen molar-refractivity contribution in [2.75, 3.05) is 0 Å². The van der Waals surface area contributed by atoms with Crippen LogP contribution < -0.4 is 0 Å². The molecular weight excluding hydrogens is 282 g/mol. The second-order valence-electron chi connectivity index (χ2n) is 3.18. The zero-order valence-corrected chi connectivity index (χ0v) is 9.76. The number of phenols is 1. The van der Waals surface area contributed by atoms with Crippen molar-refractivity contribution in [1.82, 2.24) is 0 Å². The van der Waals surface area contributed by atoms with E-state index in [-0.39, 0.29) is 5.56 Å². The van der Waals surface area contributed by atoms with Gasteiger partial charge in [-0.3, -0.25) is 14.9 Å². The first-order valence-corrected chi connectivity index (χ1v) is 5.03. The van der Waals surface area contributed by atoms with Gasteiger partial charge in [0.2, 0.25) is 0 Å². The molecule has 0 heterocycles. The first-order valence-electron chi connectivity index (χ1n) is 4.24. The predicted molar refractivity (Wildman–Crippen MR) is 58.5 cm³/mol. The van der Waals surface area contributed by atoms with Crippen molar-refractivity contribution in [2.24, 2.45) is 0 Å². The number of nitro groups is 1. The van der Waals surface area contributed by atoms with Crippen LogP contribution in [0.4, 0.5) is 5.69 Å². The van der Waals surface area contributed by atoms with Crippen LogP contribution in [-0.4, -0.2) is 21.1 Å². The summed E-state index contributed by atoms with van der Waals surface area (Å²) in [6.45, 7) is 1.34. The maximum Gasteiger partial charge on any atom is 0.312 e. The number of benzene rings is 1. The van der Waals surface area contributed by atoms with E-state index in [9.17, 15) is 20.0 Å². The van der Waals surface area contributed by atoms with Gasteiger partial charge in [0.1, 0.15) is 0 Å². The second kappa shape index (κ2) is 4.48. The van der Waals surface area contributed by atoms with Gasteiger partial charge in [-0.15, -0.1) is 0 Å². The van der Waals surface area contributed by atoms with E-state index in [1.165, 1.54) is 13.0 Å². The molecule has 1 atom stereocenters. The van der Waals surface area contributed by atoms with E-state index >= 15 is 0 Å². The van der Waals surface area contributed by atoms with Gasteiger partial charge in [0.05, 0.1) is 10.8 Å². The number of nitro benzene ring substituents is 1. The molecule has 7 heteroatoms. The summed E-state index contributed by atoms with van der Waals surface area (Å²) >= 11 is 3.02. The molecule has 0 fully saturated rings. The van der Waals surface area contributed by atoms with Crippen LogP contribution in [0.25, 0.3) is 0 Å². The Morgan fingerprint density at radius 1 is 1.56 bits per heavy atom. The number of aromatic hydroxyl groups is 1. The van der Waals surface area contributed by atoms with Crippen LogP contribution >= 0.6 is 15.9 Å². The molecule has 1 aromatic carbocycles. The molecule has 0 amide bonds. The minimum atomic E-state index is -1.16. The number of carbonyl (C=O) groups is 1. The molecule has 1 unspecified atom stereocenters. The Labute approximate surface area is 98.8 Å². The monoisotopic (exact) mass is 289 g/mol. The molecule has 6 nitrogen and oxygen atoms in total. The van der Waals surface area contributed by atoms with E-state index in [1.807, 2.05) is 0 Å². The van der Waals surface area contributed by atoms with Gasteiger partial charge in [-0.25, -0.2) is 0 Å². The van der Waals surface area contributed by atoms with E-state index in [0.29, 0.717) is 4.47 Å². The molecule has 0 saturated carbocycles. The Bertz CT molecular complexity index is 459. The topological polar surface area (TPSA) is 101 Å². The zero-order chi connectivity index (χ0) is 12.5. The number of rotatable bonds is 3. The fourth-order valence-corrected chi connectivity index (χ4v) is 1.67. The van der Waals surface area contributed by atoms with Gasteiger partial charge >= 0.3 is 11.7 Å². The summed E-state index contributed by atoms with van der Waals surface area (Å²) in [5, 5.41) is 29.0. The standard InChI is InChI=1S/C9H8BrNO5/c1-4(9(13)14)6-2-5(10)3-7(8(6)12)11(15)16/h2-4,12H,1H3,(H,13,14). The molecule has 0 spiro atoms. The third-order valence-corrected chi connectivity index (χ3v) is 2.58. The van der Waals surface area contributed by atoms with Crippen molar-refractivity contribution in [1.29, 1.82) is 0 Å². The van der Waals surface area contributed by atoms with Gasteiger partial charge in [0, 0.05) is 16.1 Å². The number of carboxylic acid groups (broad SMARTS) is 1. The molecular formula is C9H8BrNO5. The Hall–Kier alpha value is -1.63. The SMILES string of the molecule is CC(C(=O)O)c1cc(Br)cc([N+](=O)[O-])c1O. The molecule has 86 valence electrons. The molecule has 2 N–H and O–H groups in total. The van der Waals surface area contributed by atoms with Gasteiger partial charge in [0.15, 0.2) is 5.75 Å². The Morgan fingerprint density at radius 2 is 2.12 bits per heavy atom. The number of carboxylic acids is 1. The molecule has 0 radical (unpaired) electrons. The smallest absolute Gasteiger partial charge is 0.312 e. The molecule has 0 aliphatic heterocycles. The Kier molecular flexibility index (Phi) is 3.48. The molecule has 0 aliphatic carbocycles. The van der Waals surface area contributed by atoms with Crippen LogP contribution in [0.3, 0.4) is 0 Å². The van der Waals surface area contributed by atoms with Crippen LogP contribution in [0, 0.1) is 10.1 Å². The normalized spacial score (nSPS) is 12.1. The Balaban J connectivity index is 3.40. The van der Waals surface area contributed by atoms with Crippen molar-refractivity contribution >= 4 is 27.6 Å². The highest BCUT2D eigenvalue weighted by Crippen LogP contribution is 2.37. The minimum Gasteiger partial charge on any atom is -0.502 e. The second-order valence-corrected chi connectivity index (χ2v) is 4.10. The summed E-state index contributed by atoms with van der Waals surface area (Å²) in [7, 11) is 0. The van der Waals surface area contributed by atoms with Gasteiger partial charge in [0.25, 0.3) is 0 Å². The molecule has 0 aromatic heterocycles. The lowest BCUT2D eigenvalue weighted by molar-refractivity contribution is -0.386. The lowest BCUT2D eigenvalue weighted by atomic mass is 9.99. The molecule has 16 heavy (non-hydrogen) atoms. The summed E-state index contributed by atoms with van der Waals surface area (Å²) in [6, 6.07) is 2.47. The van der Waals surface area contributed by atoms with Crippen LogP contribution in [0.15, 0.2) is 16.6 Å². The van der Waals surface area contributed by atoms with Crippen LogP contribution in [0.5, 0.6) is 5.75 Å². The van der Waals surface area contributed by atoms with Crippen molar-refractivity contribution in [3.8, 4) is 5.75 Å². The third kappa shape index (κ3) is 2.30. The summed E-state index contributed by atoms with van der Waals surface area (Å²) < 4.78 is 0.347. The maximum atomic E-state index is 10.7. The van der Waals surface area contributed by atoms with Gasteiger partial charge in [-0.1, -0.05) is 15.9 Å². The molecule has 1 aromatic rings. The first kappa shape index (κ1) is 12.4. The first-order chi connectivity index (χ1) is 7.34. The average molecular weight is 290 g/mol. The van der Waals surface area contributed by atoms with Crippen LogP contribution in [0.1, 0.15) is 18.4 Å². The van der Waals surface area contributed by atoms with Crippen LogP contribution in [0.2, 0.25) is 0 Å². The van der Waals surface area contributed by atoms with Crippen molar-refractivity contribution in [3.63, 3.8) is 0 Å². The largest absolute Gasteiger partial charge is 0.502 e. The highest BCUT2D eigenvalue weighted by molar-refractivity contribution is 9.10. The molecule has 0 aliphatic rings. The van der Waals surface area contributed by atoms with Gasteiger partial charge in [-0.2, -0.15) is 0 Å². The number of halogens is 1. The van der Waals surface area contributed by atoms with E-state index in [2.05, 4.69) is 15.9 Å². The summed E-state index contributed by atoms with van der Waals surface area (Å²) in [5.74, 6) is -2.79. The van der Waals surface area contributed by atoms with E-state index in [0.717, 1.165) is 6.07 Å². The highest BCUT2D eigenvalue weighted by Gasteiger charge is 2.25. The quantitative estimate of drug-likeness (QED) is 0.656. The number of phenolic OH excluding ortho intramolecular Hbond substituents is 1. The van der Waals surface area contributed by atoms with E-state index in [4.69, 9.17) is 5.11 Å². The maximum absolute atomic E-state index is 10.7. The summed E-state index contributed by atoms with van der Waals surface area (Å²) in [4.78, 5) is 20.6. The summed E-state index contributed by atoms with van der Waals surface area (Å²) in [5.41, 5.74) is -0.508. The van der Waals surface area contributed by atoms with E-state index < -0.39 is 28.2 Å². The predicted octanol–water partition coefficient (Wildman–Crippen LogP) is 2.25. The van der Waals surface area contributed by atoms with Gasteiger partial charge in [-0.05, 0) is 13.0 Å². The van der Waals surface area contributed by atoms with Crippen molar-refractivity contribution in [2.45, 2.75) is 12.8 Å². The lowest BCUT2D eigenvalue weighted by Crippen LogP contribution is -2.08. The fourth-order valence-electron chi connectivity index (χ4n) is 1.21. The third-order valence-electron chi connectivity index (χ3n) is 2.12.